The standard InChI is InChI=1S/C15H30N2/c1-3-14(4-2)9-11-17(13-14)12-10-15(16)7-5-6-8-15/h3-13,16H2,1-2H3. The predicted molar refractivity (Wildman–Crippen MR) is 74.1 cm³/mol. The molecule has 2 heteroatoms. The monoisotopic (exact) mass is 238 g/mol. The van der Waals surface area contributed by atoms with E-state index in [1.54, 1.807) is 0 Å². The quantitative estimate of drug-likeness (QED) is 0.797. The molecule has 2 fully saturated rings. The lowest BCUT2D eigenvalue weighted by molar-refractivity contribution is 0.224. The number of hydrogen-bond acceptors (Lipinski definition) is 2. The molecule has 0 aromatic heterocycles. The van der Waals surface area contributed by atoms with Gasteiger partial charge in [0.25, 0.3) is 0 Å². The molecule has 0 radical (unpaired) electrons. The molecule has 2 nitrogen and oxygen atoms in total. The average molecular weight is 238 g/mol. The minimum Gasteiger partial charge on any atom is -0.325 e. The first-order valence-electron chi connectivity index (χ1n) is 7.63. The molecule has 100 valence electrons. The van der Waals surface area contributed by atoms with Crippen LogP contribution in [0.3, 0.4) is 0 Å². The van der Waals surface area contributed by atoms with Crippen molar-refractivity contribution in [1.29, 1.82) is 0 Å². The third kappa shape index (κ3) is 3.03. The molecule has 0 aromatic carbocycles. The summed E-state index contributed by atoms with van der Waals surface area (Å²) in [5.74, 6) is 0. The van der Waals surface area contributed by atoms with E-state index in [-0.39, 0.29) is 5.54 Å². The smallest absolute Gasteiger partial charge is 0.0166 e. The molecular formula is C15H30N2. The zero-order chi connectivity index (χ0) is 12.4. The van der Waals surface area contributed by atoms with E-state index in [1.807, 2.05) is 0 Å². The summed E-state index contributed by atoms with van der Waals surface area (Å²) in [4.78, 5) is 2.67. The first kappa shape index (κ1) is 13.4. The highest BCUT2D eigenvalue weighted by molar-refractivity contribution is 4.92. The highest BCUT2D eigenvalue weighted by Crippen LogP contribution is 2.38. The van der Waals surface area contributed by atoms with Gasteiger partial charge >= 0.3 is 0 Å². The van der Waals surface area contributed by atoms with Crippen molar-refractivity contribution in [3.8, 4) is 0 Å². The van der Waals surface area contributed by atoms with E-state index in [1.165, 1.54) is 71.0 Å². The van der Waals surface area contributed by atoms with Gasteiger partial charge in [-0.25, -0.2) is 0 Å². The van der Waals surface area contributed by atoms with Gasteiger partial charge in [0.05, 0.1) is 0 Å². The van der Waals surface area contributed by atoms with Crippen molar-refractivity contribution in [2.45, 2.75) is 70.8 Å². The maximum atomic E-state index is 6.44. The van der Waals surface area contributed by atoms with Crippen molar-refractivity contribution in [2.24, 2.45) is 11.1 Å². The molecule has 2 N–H and O–H groups in total. The van der Waals surface area contributed by atoms with Crippen LogP contribution in [0.25, 0.3) is 0 Å². The van der Waals surface area contributed by atoms with Crippen molar-refractivity contribution < 1.29 is 0 Å². The molecule has 1 aliphatic heterocycles. The van der Waals surface area contributed by atoms with Crippen molar-refractivity contribution >= 4 is 0 Å². The molecule has 2 aliphatic rings. The molecule has 0 amide bonds. The Kier molecular flexibility index (Phi) is 4.14. The van der Waals surface area contributed by atoms with Crippen LogP contribution in [0.15, 0.2) is 0 Å². The summed E-state index contributed by atoms with van der Waals surface area (Å²) < 4.78 is 0. The molecule has 1 aliphatic carbocycles. The highest BCUT2D eigenvalue weighted by atomic mass is 15.2. The number of nitrogens with zero attached hydrogens (tertiary/aromatic N) is 1. The minimum absolute atomic E-state index is 0.184. The second kappa shape index (κ2) is 5.27. The Morgan fingerprint density at radius 1 is 1.06 bits per heavy atom. The van der Waals surface area contributed by atoms with E-state index in [0.717, 1.165) is 0 Å². The molecular weight excluding hydrogens is 208 g/mol. The molecule has 17 heavy (non-hydrogen) atoms. The number of nitrogens with two attached hydrogens (primary N) is 1. The summed E-state index contributed by atoms with van der Waals surface area (Å²) in [6.07, 6.45) is 10.5. The molecule has 0 spiro atoms. The molecule has 0 bridgehead atoms. The first-order valence-corrected chi connectivity index (χ1v) is 7.63. The van der Waals surface area contributed by atoms with Crippen LogP contribution in [0.4, 0.5) is 0 Å². The van der Waals surface area contributed by atoms with Gasteiger partial charge < -0.3 is 10.6 Å². The first-order chi connectivity index (χ1) is 8.11. The number of rotatable bonds is 5. The Balaban J connectivity index is 1.78. The topological polar surface area (TPSA) is 29.3 Å². The predicted octanol–water partition coefficient (Wildman–Crippen LogP) is 3.16. The largest absolute Gasteiger partial charge is 0.325 e. The van der Waals surface area contributed by atoms with E-state index in [0.29, 0.717) is 5.41 Å². The summed E-state index contributed by atoms with van der Waals surface area (Å²) in [5, 5.41) is 0. The zero-order valence-corrected chi connectivity index (χ0v) is 11.8. The van der Waals surface area contributed by atoms with Crippen LogP contribution in [0, 0.1) is 5.41 Å². The van der Waals surface area contributed by atoms with Crippen LogP contribution in [0.5, 0.6) is 0 Å². The van der Waals surface area contributed by atoms with Crippen LogP contribution < -0.4 is 5.73 Å². The van der Waals surface area contributed by atoms with E-state index in [9.17, 15) is 0 Å². The Morgan fingerprint density at radius 2 is 1.71 bits per heavy atom. The van der Waals surface area contributed by atoms with Gasteiger partial charge in [0.15, 0.2) is 0 Å². The Labute approximate surface area is 107 Å². The van der Waals surface area contributed by atoms with Gasteiger partial charge in [-0.05, 0) is 57.0 Å². The zero-order valence-electron chi connectivity index (χ0n) is 11.8. The van der Waals surface area contributed by atoms with Crippen LogP contribution in [0.2, 0.25) is 0 Å². The van der Waals surface area contributed by atoms with Gasteiger partial charge in [-0.3, -0.25) is 0 Å². The third-order valence-corrected chi connectivity index (χ3v) is 5.54. The fourth-order valence-corrected chi connectivity index (χ4v) is 3.76. The summed E-state index contributed by atoms with van der Waals surface area (Å²) >= 11 is 0. The summed E-state index contributed by atoms with van der Waals surface area (Å²) in [5.41, 5.74) is 7.25. The summed E-state index contributed by atoms with van der Waals surface area (Å²) in [7, 11) is 0. The average Bonchev–Trinajstić information content (AvgIpc) is 2.95. The lowest BCUT2D eigenvalue weighted by Gasteiger charge is -2.29. The normalized spacial score (nSPS) is 27.7. The van der Waals surface area contributed by atoms with E-state index in [4.69, 9.17) is 5.73 Å². The van der Waals surface area contributed by atoms with Gasteiger partial charge in [-0.15, -0.1) is 0 Å². The fourth-order valence-electron chi connectivity index (χ4n) is 3.76. The lowest BCUT2D eigenvalue weighted by atomic mass is 9.82. The number of hydrogen-bond donors (Lipinski definition) is 1. The minimum atomic E-state index is 0.184. The van der Waals surface area contributed by atoms with Gasteiger partial charge in [0, 0.05) is 12.1 Å². The van der Waals surface area contributed by atoms with Gasteiger partial charge in [0.1, 0.15) is 0 Å². The Bertz CT molecular complexity index is 239. The van der Waals surface area contributed by atoms with Crippen LogP contribution in [-0.2, 0) is 0 Å². The molecule has 1 heterocycles. The van der Waals surface area contributed by atoms with Crippen molar-refractivity contribution in [1.82, 2.24) is 4.90 Å². The van der Waals surface area contributed by atoms with E-state index in [2.05, 4.69) is 18.7 Å². The summed E-state index contributed by atoms with van der Waals surface area (Å²) in [6.45, 7) is 8.56. The maximum Gasteiger partial charge on any atom is 0.0166 e. The molecule has 0 unspecified atom stereocenters. The number of likely N-dealkylation sites (tertiary alicyclic amines) is 1. The maximum absolute atomic E-state index is 6.44. The van der Waals surface area contributed by atoms with Gasteiger partial charge in [-0.2, -0.15) is 0 Å². The lowest BCUT2D eigenvalue weighted by Crippen LogP contribution is -2.40. The van der Waals surface area contributed by atoms with Crippen LogP contribution >= 0.6 is 0 Å². The van der Waals surface area contributed by atoms with E-state index < -0.39 is 0 Å². The van der Waals surface area contributed by atoms with Crippen LogP contribution in [0.1, 0.15) is 65.2 Å². The summed E-state index contributed by atoms with van der Waals surface area (Å²) in [6, 6.07) is 0. The fraction of sp³-hybridized carbons (Fsp3) is 1.00. The van der Waals surface area contributed by atoms with Gasteiger partial charge in [0.2, 0.25) is 0 Å². The highest BCUT2D eigenvalue weighted by Gasteiger charge is 2.36. The van der Waals surface area contributed by atoms with Gasteiger partial charge in [-0.1, -0.05) is 26.7 Å². The molecule has 0 aromatic rings. The second-order valence-electron chi connectivity index (χ2n) is 6.55. The molecule has 0 atom stereocenters. The Hall–Kier alpha value is -0.0800. The van der Waals surface area contributed by atoms with E-state index >= 15 is 0 Å². The molecule has 1 saturated carbocycles. The Morgan fingerprint density at radius 3 is 2.24 bits per heavy atom. The van der Waals surface area contributed by atoms with Crippen molar-refractivity contribution in [3.63, 3.8) is 0 Å². The SMILES string of the molecule is CCC1(CC)CCN(CCC2(N)CCCC2)C1. The molecule has 1 saturated heterocycles. The van der Waals surface area contributed by atoms with Crippen molar-refractivity contribution in [3.05, 3.63) is 0 Å². The van der Waals surface area contributed by atoms with Crippen molar-refractivity contribution in [2.75, 3.05) is 19.6 Å². The third-order valence-electron chi connectivity index (χ3n) is 5.54. The molecule has 2 rings (SSSR count). The second-order valence-corrected chi connectivity index (χ2v) is 6.55. The van der Waals surface area contributed by atoms with Crippen LogP contribution in [-0.4, -0.2) is 30.1 Å².